The first-order valence-electron chi connectivity index (χ1n) is 5.83. The number of amides is 1. The fourth-order valence-corrected chi connectivity index (χ4v) is 1.54. The summed E-state index contributed by atoms with van der Waals surface area (Å²) in [5.41, 5.74) is 0.893. The van der Waals surface area contributed by atoms with Gasteiger partial charge in [0.25, 0.3) is 5.91 Å². The summed E-state index contributed by atoms with van der Waals surface area (Å²) in [5, 5.41) is 11.7. The Morgan fingerprint density at radius 3 is 2.89 bits per heavy atom. The van der Waals surface area contributed by atoms with E-state index >= 15 is 0 Å². The smallest absolute Gasteiger partial charge is 0.262 e. The second-order valence-electron chi connectivity index (χ2n) is 3.83. The molecule has 0 radical (unpaired) electrons. The maximum Gasteiger partial charge on any atom is 0.262 e. The van der Waals surface area contributed by atoms with Crippen LogP contribution in [0.3, 0.4) is 0 Å². The van der Waals surface area contributed by atoms with Crippen LogP contribution in [0.2, 0.25) is 0 Å². The molecule has 19 heavy (non-hydrogen) atoms. The Morgan fingerprint density at radius 2 is 2.42 bits per heavy atom. The number of aromatic nitrogens is 2. The summed E-state index contributed by atoms with van der Waals surface area (Å²) in [4.78, 5) is 18.7. The predicted octanol–water partition coefficient (Wildman–Crippen LogP) is 1.95. The van der Waals surface area contributed by atoms with Crippen LogP contribution in [-0.2, 0) is 4.79 Å². The molecule has 1 atom stereocenters. The second kappa shape index (κ2) is 6.97. The molecule has 0 aliphatic heterocycles. The maximum absolute atomic E-state index is 11.9. The molecule has 0 aliphatic rings. The van der Waals surface area contributed by atoms with Crippen molar-refractivity contribution in [1.29, 1.82) is 5.26 Å². The van der Waals surface area contributed by atoms with Gasteiger partial charge in [0.2, 0.25) is 0 Å². The first kappa shape index (κ1) is 14.5. The lowest BCUT2D eigenvalue weighted by atomic mass is 10.1. The van der Waals surface area contributed by atoms with Crippen LogP contribution in [-0.4, -0.2) is 21.9 Å². The van der Waals surface area contributed by atoms with Crippen molar-refractivity contribution in [1.82, 2.24) is 15.3 Å². The van der Waals surface area contributed by atoms with Gasteiger partial charge in [0, 0.05) is 18.5 Å². The molecule has 5 heteroatoms. The fraction of sp³-hybridized carbons (Fsp3) is 0.214. The van der Waals surface area contributed by atoms with Crippen LogP contribution in [0, 0.1) is 11.3 Å². The number of hydrogen-bond acceptors (Lipinski definition) is 3. The van der Waals surface area contributed by atoms with E-state index in [9.17, 15) is 4.79 Å². The van der Waals surface area contributed by atoms with Crippen molar-refractivity contribution in [2.45, 2.75) is 19.9 Å². The van der Waals surface area contributed by atoms with E-state index in [-0.39, 0.29) is 11.6 Å². The lowest BCUT2D eigenvalue weighted by Gasteiger charge is -2.14. The van der Waals surface area contributed by atoms with E-state index in [0.29, 0.717) is 5.82 Å². The number of imidazole rings is 1. The quantitative estimate of drug-likeness (QED) is 0.480. The summed E-state index contributed by atoms with van der Waals surface area (Å²) in [6, 6.07) is 1.66. The number of aromatic amines is 1. The molecular weight excluding hydrogens is 240 g/mol. The van der Waals surface area contributed by atoms with Gasteiger partial charge >= 0.3 is 0 Å². The van der Waals surface area contributed by atoms with Gasteiger partial charge in [0.15, 0.2) is 0 Å². The number of rotatable bonds is 5. The van der Waals surface area contributed by atoms with E-state index in [2.05, 4.69) is 21.9 Å². The van der Waals surface area contributed by atoms with Gasteiger partial charge in [0.05, 0.1) is 6.04 Å². The second-order valence-corrected chi connectivity index (χ2v) is 3.83. The van der Waals surface area contributed by atoms with Gasteiger partial charge in [-0.05, 0) is 19.4 Å². The van der Waals surface area contributed by atoms with Crippen molar-refractivity contribution in [3.8, 4) is 6.07 Å². The van der Waals surface area contributed by atoms with Crippen molar-refractivity contribution in [3.63, 3.8) is 0 Å². The molecule has 5 nitrogen and oxygen atoms in total. The number of hydrogen-bond donors (Lipinski definition) is 2. The van der Waals surface area contributed by atoms with Crippen LogP contribution in [0.25, 0.3) is 6.08 Å². The molecule has 1 heterocycles. The number of allylic oxidation sites excluding steroid dienone is 1. The van der Waals surface area contributed by atoms with E-state index in [0.717, 1.165) is 5.57 Å². The van der Waals surface area contributed by atoms with Gasteiger partial charge in [-0.25, -0.2) is 4.98 Å². The first-order valence-corrected chi connectivity index (χ1v) is 5.83. The predicted molar refractivity (Wildman–Crippen MR) is 73.7 cm³/mol. The molecule has 0 aromatic carbocycles. The molecule has 0 fully saturated rings. The zero-order chi connectivity index (χ0) is 14.3. The highest BCUT2D eigenvalue weighted by Crippen LogP contribution is 2.06. The Bertz CT molecular complexity index is 547. The van der Waals surface area contributed by atoms with E-state index in [1.165, 1.54) is 6.08 Å². The first-order chi connectivity index (χ1) is 9.12. The minimum atomic E-state index is -0.437. The normalized spacial score (nSPS) is 13.5. The molecule has 98 valence electrons. The monoisotopic (exact) mass is 256 g/mol. The van der Waals surface area contributed by atoms with Crippen molar-refractivity contribution < 1.29 is 4.79 Å². The van der Waals surface area contributed by atoms with Crippen LogP contribution >= 0.6 is 0 Å². The number of nitrogens with one attached hydrogen (secondary N) is 2. The summed E-state index contributed by atoms with van der Waals surface area (Å²) in [6.07, 6.45) is 8.12. The highest BCUT2D eigenvalue weighted by molar-refractivity contribution is 6.01. The summed E-state index contributed by atoms with van der Waals surface area (Å²) in [6.45, 7) is 7.37. The number of nitriles is 1. The van der Waals surface area contributed by atoms with Crippen molar-refractivity contribution in [2.24, 2.45) is 0 Å². The largest absolute Gasteiger partial charge is 0.345 e. The molecule has 1 amide bonds. The Labute approximate surface area is 112 Å². The van der Waals surface area contributed by atoms with Crippen LogP contribution in [0.1, 0.15) is 19.7 Å². The molecule has 1 unspecified atom stereocenters. The molecule has 1 aromatic heterocycles. The summed E-state index contributed by atoms with van der Waals surface area (Å²) in [5.74, 6) is 0.0296. The summed E-state index contributed by atoms with van der Waals surface area (Å²) < 4.78 is 0. The Morgan fingerprint density at radius 1 is 1.68 bits per heavy atom. The molecule has 0 saturated heterocycles. The molecule has 1 aromatic rings. The average molecular weight is 256 g/mol. The molecule has 0 aliphatic carbocycles. The number of carbonyl (C=O) groups excluding carboxylic acids is 1. The minimum absolute atomic E-state index is 0.00122. The molecule has 0 spiro atoms. The highest BCUT2D eigenvalue weighted by atomic mass is 16.1. The number of H-pyrrole nitrogens is 1. The van der Waals surface area contributed by atoms with Gasteiger partial charge in [-0.1, -0.05) is 18.7 Å². The molecule has 0 bridgehead atoms. The zero-order valence-corrected chi connectivity index (χ0v) is 11.0. The Kier molecular flexibility index (Phi) is 5.30. The number of nitrogens with zero attached hydrogens (tertiary/aromatic N) is 2. The molecule has 1 rings (SSSR count). The standard InChI is InChI=1S/C14H16N4O/c1-4-11(5-2)10(3)18-14(19)12(9-15)8-13-16-6-7-17-13/h4-8,10H,1H2,2-3H3,(H,16,17)(H,18,19)/b11-5+,12-8+. The van der Waals surface area contributed by atoms with Crippen molar-refractivity contribution in [2.75, 3.05) is 0 Å². The average Bonchev–Trinajstić information content (AvgIpc) is 2.90. The maximum atomic E-state index is 11.9. The van der Waals surface area contributed by atoms with Gasteiger partial charge in [0.1, 0.15) is 17.5 Å². The molecular formula is C14H16N4O. The third-order valence-electron chi connectivity index (χ3n) is 2.58. The highest BCUT2D eigenvalue weighted by Gasteiger charge is 2.14. The lowest BCUT2D eigenvalue weighted by molar-refractivity contribution is -0.117. The summed E-state index contributed by atoms with van der Waals surface area (Å²) in [7, 11) is 0. The van der Waals surface area contributed by atoms with E-state index in [1.54, 1.807) is 18.5 Å². The molecule has 0 saturated carbocycles. The lowest BCUT2D eigenvalue weighted by Crippen LogP contribution is -2.34. The number of carbonyl (C=O) groups is 1. The van der Waals surface area contributed by atoms with Crippen molar-refractivity contribution in [3.05, 3.63) is 48.1 Å². The Hall–Kier alpha value is -2.61. The van der Waals surface area contributed by atoms with Crippen LogP contribution in [0.4, 0.5) is 0 Å². The third kappa shape index (κ3) is 3.96. The third-order valence-corrected chi connectivity index (χ3v) is 2.58. The topological polar surface area (TPSA) is 81.6 Å². The fourth-order valence-electron chi connectivity index (χ4n) is 1.54. The van der Waals surface area contributed by atoms with Crippen molar-refractivity contribution >= 4 is 12.0 Å². The summed E-state index contributed by atoms with van der Waals surface area (Å²) >= 11 is 0. The van der Waals surface area contributed by atoms with Gasteiger partial charge in [-0.2, -0.15) is 5.26 Å². The van der Waals surface area contributed by atoms with Gasteiger partial charge < -0.3 is 10.3 Å². The Balaban J connectivity index is 2.82. The minimum Gasteiger partial charge on any atom is -0.345 e. The molecule has 2 N–H and O–H groups in total. The zero-order valence-electron chi connectivity index (χ0n) is 11.0. The van der Waals surface area contributed by atoms with E-state index < -0.39 is 5.91 Å². The van der Waals surface area contributed by atoms with Gasteiger partial charge in [-0.15, -0.1) is 0 Å². The van der Waals surface area contributed by atoms with Gasteiger partial charge in [-0.3, -0.25) is 4.79 Å². The van der Waals surface area contributed by atoms with E-state index in [1.807, 2.05) is 26.0 Å². The van der Waals surface area contributed by atoms with Crippen LogP contribution in [0.15, 0.2) is 42.3 Å². The van der Waals surface area contributed by atoms with Crippen LogP contribution < -0.4 is 5.32 Å². The SMILES string of the molecule is C=C/C(=C\C)C(C)NC(=O)/C(C#N)=C/c1ncc[nH]1. The van der Waals surface area contributed by atoms with Crippen LogP contribution in [0.5, 0.6) is 0 Å². The van der Waals surface area contributed by atoms with E-state index in [4.69, 9.17) is 5.26 Å².